The fourth-order valence-electron chi connectivity index (χ4n) is 11.5. The third-order valence-electron chi connectivity index (χ3n) is 15.1. The largest absolute Gasteiger partial charge is 0.457 e. The lowest BCUT2D eigenvalue weighted by atomic mass is 9.88. The minimum atomic E-state index is -0.0676. The van der Waals surface area contributed by atoms with Crippen molar-refractivity contribution in [3.63, 3.8) is 0 Å². The second kappa shape index (κ2) is 18.1. The molecule has 1 aliphatic rings. The minimum Gasteiger partial charge on any atom is -0.457 e. The van der Waals surface area contributed by atoms with Gasteiger partial charge < -0.3 is 19.0 Å². The Morgan fingerprint density at radius 3 is 1.70 bits per heavy atom. The third kappa shape index (κ3) is 7.68. The molecule has 4 heterocycles. The molecule has 0 atom stereocenters. The van der Waals surface area contributed by atoms with Gasteiger partial charge in [0.15, 0.2) is 0 Å². The van der Waals surface area contributed by atoms with Gasteiger partial charge in [-0.2, -0.15) is 0 Å². The number of rotatable bonds is 9. The number of para-hydroxylation sites is 4. The van der Waals surface area contributed by atoms with Crippen LogP contribution in [0, 0.1) is 0 Å². The van der Waals surface area contributed by atoms with Crippen molar-refractivity contribution in [1.82, 2.24) is 9.55 Å². The summed E-state index contributed by atoms with van der Waals surface area (Å²) in [6.45, 7) is 7.29. The lowest BCUT2D eigenvalue weighted by Gasteiger charge is -2.28. The first-order valence-corrected chi connectivity index (χ1v) is 26.0. The fraction of sp³-hybridized carbons (Fsp3) is 0.0714. The van der Waals surface area contributed by atoms with Crippen molar-refractivity contribution >= 4 is 66.5 Å². The smallest absolute Gasteiger partial charge is 0.137 e. The number of furan rings is 1. The summed E-state index contributed by atoms with van der Waals surface area (Å²) in [5, 5.41) is 4.42. The van der Waals surface area contributed by atoms with Gasteiger partial charge in [0.2, 0.25) is 0 Å². The van der Waals surface area contributed by atoms with Crippen molar-refractivity contribution in [3.8, 4) is 61.8 Å². The zero-order valence-electron chi connectivity index (χ0n) is 42.5. The van der Waals surface area contributed by atoms with Gasteiger partial charge in [0, 0.05) is 62.8 Å². The van der Waals surface area contributed by atoms with E-state index < -0.39 is 0 Å². The van der Waals surface area contributed by atoms with Gasteiger partial charge in [0.25, 0.3) is 0 Å². The van der Waals surface area contributed by atoms with Crippen molar-refractivity contribution in [2.75, 3.05) is 16.5 Å². The predicted octanol–water partition coefficient (Wildman–Crippen LogP) is 19.1. The molecule has 0 aliphatic carbocycles. The monoisotopic (exact) mass is 980 g/mol. The van der Waals surface area contributed by atoms with Crippen LogP contribution in [0.25, 0.3) is 94.1 Å². The normalized spacial score (nSPS) is 12.6. The van der Waals surface area contributed by atoms with E-state index in [4.69, 9.17) is 14.1 Å². The molecule has 0 amide bonds. The molecular formula is C70H52N4O2. The molecule has 0 fully saturated rings. The van der Waals surface area contributed by atoms with Crippen molar-refractivity contribution in [2.24, 2.45) is 0 Å². The van der Waals surface area contributed by atoms with Crippen LogP contribution in [0.1, 0.15) is 26.3 Å². The first kappa shape index (κ1) is 45.0. The van der Waals surface area contributed by atoms with E-state index in [1.165, 1.54) is 38.9 Å². The van der Waals surface area contributed by atoms with Crippen LogP contribution in [-0.2, 0) is 5.41 Å². The van der Waals surface area contributed by atoms with Gasteiger partial charge >= 0.3 is 0 Å². The number of anilines is 4. The molecule has 1 aliphatic heterocycles. The zero-order chi connectivity index (χ0) is 50.9. The maximum atomic E-state index is 6.94. The van der Waals surface area contributed by atoms with E-state index in [1.807, 2.05) is 24.4 Å². The summed E-state index contributed by atoms with van der Waals surface area (Å²) >= 11 is 0. The molecule has 0 saturated carbocycles. The maximum absolute atomic E-state index is 6.94. The summed E-state index contributed by atoms with van der Waals surface area (Å²) in [7, 11) is 0. The number of benzene rings is 10. The van der Waals surface area contributed by atoms with Crippen molar-refractivity contribution in [1.29, 1.82) is 0 Å². The Hall–Kier alpha value is -9.65. The van der Waals surface area contributed by atoms with Crippen molar-refractivity contribution < 1.29 is 9.15 Å². The Balaban J connectivity index is 0.881. The van der Waals surface area contributed by atoms with E-state index in [1.54, 1.807) is 0 Å². The van der Waals surface area contributed by atoms with E-state index in [9.17, 15) is 0 Å². The van der Waals surface area contributed by atoms with Crippen LogP contribution in [0.15, 0.2) is 253 Å². The Morgan fingerprint density at radius 2 is 1.00 bits per heavy atom. The molecule has 6 nitrogen and oxygen atoms in total. The van der Waals surface area contributed by atoms with Gasteiger partial charge in [0.1, 0.15) is 35.2 Å². The SMILES string of the molecule is CC(C)(C)c1ccnc(-n2c3cc(Oc4cccc(N5CN(c6c(-c7ccccc7-c7ccccc7)cccc6-c6ccccc6-c6ccccc6)c6ccccc65)c4)ccc3c3cc4c(cc32)oc2ccccc24)c1. The molecule has 364 valence electrons. The molecule has 0 N–H and O–H groups in total. The Bertz CT molecular complexity index is 4260. The standard InChI is InChI=1S/C70H52N4O2/c1-70(2,3)48-38-39-71-68(40-48)74-64-42-51(36-37-56(64)60-43-61-57-30-14-17-35-66(57)76-67(61)44-65(60)74)75-50-25-18-24-49(41-50)72-45-73(63-34-16-15-33-62(63)72)69-58(54-28-12-10-26-52(54)46-20-6-4-7-21-46)31-19-32-59(69)55-29-13-11-27-53(55)47-22-8-5-9-23-47/h4-44H,45H2,1-3H3. The minimum absolute atomic E-state index is 0.0676. The van der Waals surface area contributed by atoms with E-state index in [2.05, 4.69) is 260 Å². The summed E-state index contributed by atoms with van der Waals surface area (Å²) in [6.07, 6.45) is 1.92. The highest BCUT2D eigenvalue weighted by Gasteiger charge is 2.32. The van der Waals surface area contributed by atoms with Crippen LogP contribution < -0.4 is 14.5 Å². The molecule has 10 aromatic carbocycles. The van der Waals surface area contributed by atoms with Crippen molar-refractivity contribution in [2.45, 2.75) is 26.2 Å². The van der Waals surface area contributed by atoms with E-state index >= 15 is 0 Å². The number of aromatic nitrogens is 2. The van der Waals surface area contributed by atoms with Gasteiger partial charge in [0.05, 0.1) is 28.1 Å². The summed E-state index contributed by atoms with van der Waals surface area (Å²) in [5.74, 6) is 2.31. The second-order valence-electron chi connectivity index (χ2n) is 20.7. The lowest BCUT2D eigenvalue weighted by molar-refractivity contribution is 0.483. The lowest BCUT2D eigenvalue weighted by Crippen LogP contribution is -2.25. The van der Waals surface area contributed by atoms with Gasteiger partial charge in [-0.05, 0) is 105 Å². The number of hydrogen-bond acceptors (Lipinski definition) is 5. The van der Waals surface area contributed by atoms with Crippen LogP contribution in [0.5, 0.6) is 11.5 Å². The summed E-state index contributed by atoms with van der Waals surface area (Å²) < 4.78 is 15.7. The highest BCUT2D eigenvalue weighted by molar-refractivity contribution is 6.17. The first-order valence-electron chi connectivity index (χ1n) is 26.0. The fourth-order valence-corrected chi connectivity index (χ4v) is 11.5. The molecule has 76 heavy (non-hydrogen) atoms. The first-order chi connectivity index (χ1) is 37.3. The van der Waals surface area contributed by atoms with E-state index in [-0.39, 0.29) is 5.41 Å². The van der Waals surface area contributed by atoms with Crippen LogP contribution >= 0.6 is 0 Å². The molecule has 0 bridgehead atoms. The summed E-state index contributed by atoms with van der Waals surface area (Å²) in [6, 6.07) is 86.6. The quantitative estimate of drug-likeness (QED) is 0.144. The molecule has 0 unspecified atom stereocenters. The molecule has 6 heteroatoms. The predicted molar refractivity (Wildman–Crippen MR) is 315 cm³/mol. The molecule has 0 saturated heterocycles. The van der Waals surface area contributed by atoms with Crippen LogP contribution in [0.4, 0.5) is 22.7 Å². The van der Waals surface area contributed by atoms with E-state index in [0.717, 1.165) is 94.9 Å². The third-order valence-corrected chi connectivity index (χ3v) is 15.1. The van der Waals surface area contributed by atoms with Crippen LogP contribution in [0.2, 0.25) is 0 Å². The number of hydrogen-bond donors (Lipinski definition) is 0. The average molecular weight is 981 g/mol. The number of nitrogens with zero attached hydrogens (tertiary/aromatic N) is 4. The molecule has 0 radical (unpaired) electrons. The van der Waals surface area contributed by atoms with Crippen LogP contribution in [-0.4, -0.2) is 16.2 Å². The Kier molecular flexibility index (Phi) is 10.7. The maximum Gasteiger partial charge on any atom is 0.137 e. The van der Waals surface area contributed by atoms with Crippen molar-refractivity contribution in [3.05, 3.63) is 254 Å². The second-order valence-corrected chi connectivity index (χ2v) is 20.7. The molecular weight excluding hydrogens is 929 g/mol. The summed E-state index contributed by atoms with van der Waals surface area (Å²) in [5.41, 5.74) is 18.7. The number of fused-ring (bicyclic) bond motifs is 7. The number of ether oxygens (including phenoxy) is 1. The van der Waals surface area contributed by atoms with Gasteiger partial charge in [-0.3, -0.25) is 4.57 Å². The van der Waals surface area contributed by atoms with Crippen LogP contribution in [0.3, 0.4) is 0 Å². The van der Waals surface area contributed by atoms with E-state index in [0.29, 0.717) is 6.67 Å². The Morgan fingerprint density at radius 1 is 0.421 bits per heavy atom. The molecule has 3 aromatic heterocycles. The highest BCUT2D eigenvalue weighted by atomic mass is 16.5. The molecule has 14 rings (SSSR count). The van der Waals surface area contributed by atoms with Gasteiger partial charge in [-0.25, -0.2) is 4.98 Å². The molecule has 0 spiro atoms. The average Bonchev–Trinajstić information content (AvgIpc) is 4.26. The topological polar surface area (TPSA) is 46.7 Å². The zero-order valence-corrected chi connectivity index (χ0v) is 42.5. The number of pyridine rings is 1. The molecule has 13 aromatic rings. The Labute approximate surface area is 442 Å². The van der Waals surface area contributed by atoms with Gasteiger partial charge in [-0.15, -0.1) is 0 Å². The summed E-state index contributed by atoms with van der Waals surface area (Å²) in [4.78, 5) is 9.91. The highest BCUT2D eigenvalue weighted by Crippen LogP contribution is 2.52. The van der Waals surface area contributed by atoms with Gasteiger partial charge in [-0.1, -0.05) is 185 Å².